The molecule has 4 unspecified atom stereocenters. The van der Waals surface area contributed by atoms with Crippen molar-refractivity contribution in [2.24, 2.45) is 0 Å². The standard InChI is InChI=1S/C12H26O6/c1-2-3-4-5-6-18-12(10(16)8-14)11(17)9(15)7-13/h9-17H,2-8H2,1H3. The topological polar surface area (TPSA) is 110 Å². The normalized spacial score (nSPS) is 18.3. The van der Waals surface area contributed by atoms with Gasteiger partial charge in [0.2, 0.25) is 0 Å². The molecule has 18 heavy (non-hydrogen) atoms. The van der Waals surface area contributed by atoms with Crippen molar-refractivity contribution in [3.05, 3.63) is 0 Å². The van der Waals surface area contributed by atoms with Gasteiger partial charge in [0.1, 0.15) is 24.4 Å². The Morgan fingerprint density at radius 1 is 0.889 bits per heavy atom. The first kappa shape index (κ1) is 17.8. The number of ether oxygens (including phenoxy) is 1. The zero-order chi connectivity index (χ0) is 14.0. The van der Waals surface area contributed by atoms with E-state index in [-0.39, 0.29) is 0 Å². The van der Waals surface area contributed by atoms with Crippen LogP contribution in [0.4, 0.5) is 0 Å². The lowest BCUT2D eigenvalue weighted by atomic mass is 10.0. The van der Waals surface area contributed by atoms with Crippen LogP contribution in [0.25, 0.3) is 0 Å². The van der Waals surface area contributed by atoms with E-state index in [1.54, 1.807) is 0 Å². The smallest absolute Gasteiger partial charge is 0.114 e. The van der Waals surface area contributed by atoms with Crippen LogP contribution in [0.1, 0.15) is 32.6 Å². The molecule has 4 atom stereocenters. The molecule has 5 N–H and O–H groups in total. The maximum atomic E-state index is 9.68. The van der Waals surface area contributed by atoms with Crippen LogP contribution in [-0.4, -0.2) is 69.8 Å². The van der Waals surface area contributed by atoms with Gasteiger partial charge in [-0.2, -0.15) is 0 Å². The maximum Gasteiger partial charge on any atom is 0.114 e. The van der Waals surface area contributed by atoms with E-state index in [1.807, 2.05) is 0 Å². The van der Waals surface area contributed by atoms with Gasteiger partial charge in [-0.1, -0.05) is 26.2 Å². The molecule has 0 amide bonds. The Balaban J connectivity index is 4.15. The predicted octanol–water partition coefficient (Wildman–Crippen LogP) is -0.981. The maximum absolute atomic E-state index is 9.68. The van der Waals surface area contributed by atoms with Crippen molar-refractivity contribution >= 4 is 0 Å². The van der Waals surface area contributed by atoms with Crippen LogP contribution in [0.2, 0.25) is 0 Å². The molecule has 6 nitrogen and oxygen atoms in total. The van der Waals surface area contributed by atoms with Crippen molar-refractivity contribution < 1.29 is 30.3 Å². The number of rotatable bonds is 11. The molecule has 0 aromatic carbocycles. The Bertz CT molecular complexity index is 189. The summed E-state index contributed by atoms with van der Waals surface area (Å²) in [6.45, 7) is 1.21. The lowest BCUT2D eigenvalue weighted by Gasteiger charge is -2.29. The number of unbranched alkanes of at least 4 members (excludes halogenated alkanes) is 3. The Kier molecular flexibility index (Phi) is 10.5. The summed E-state index contributed by atoms with van der Waals surface area (Å²) in [7, 11) is 0. The molecular formula is C12H26O6. The molecule has 0 fully saturated rings. The zero-order valence-corrected chi connectivity index (χ0v) is 10.9. The molecule has 0 saturated heterocycles. The van der Waals surface area contributed by atoms with Crippen molar-refractivity contribution in [1.82, 2.24) is 0 Å². The lowest BCUT2D eigenvalue weighted by molar-refractivity contribution is -0.149. The third-order valence-corrected chi connectivity index (χ3v) is 2.79. The molecule has 0 aliphatic heterocycles. The summed E-state index contributed by atoms with van der Waals surface area (Å²) in [5, 5.41) is 46.1. The van der Waals surface area contributed by atoms with Crippen molar-refractivity contribution in [3.63, 3.8) is 0 Å². The van der Waals surface area contributed by atoms with Gasteiger partial charge in [0, 0.05) is 6.61 Å². The second-order valence-electron chi connectivity index (χ2n) is 4.39. The van der Waals surface area contributed by atoms with Crippen LogP contribution in [0.3, 0.4) is 0 Å². The second-order valence-corrected chi connectivity index (χ2v) is 4.39. The highest BCUT2D eigenvalue weighted by Gasteiger charge is 2.32. The van der Waals surface area contributed by atoms with E-state index in [1.165, 1.54) is 0 Å². The van der Waals surface area contributed by atoms with Gasteiger partial charge in [0.05, 0.1) is 13.2 Å². The Labute approximate surface area is 108 Å². The molecule has 110 valence electrons. The highest BCUT2D eigenvalue weighted by Crippen LogP contribution is 2.11. The summed E-state index contributed by atoms with van der Waals surface area (Å²) in [6, 6.07) is 0. The fraction of sp³-hybridized carbons (Fsp3) is 1.00. The third-order valence-electron chi connectivity index (χ3n) is 2.79. The largest absolute Gasteiger partial charge is 0.394 e. The highest BCUT2D eigenvalue weighted by molar-refractivity contribution is 4.81. The number of hydrogen-bond donors (Lipinski definition) is 5. The summed E-state index contributed by atoms with van der Waals surface area (Å²) >= 11 is 0. The summed E-state index contributed by atoms with van der Waals surface area (Å²) in [6.07, 6.45) is -1.27. The summed E-state index contributed by atoms with van der Waals surface area (Å²) < 4.78 is 5.30. The molecule has 0 saturated carbocycles. The fourth-order valence-electron chi connectivity index (χ4n) is 1.62. The Morgan fingerprint density at radius 2 is 1.50 bits per heavy atom. The summed E-state index contributed by atoms with van der Waals surface area (Å²) in [5.74, 6) is 0. The molecule has 0 rings (SSSR count). The number of aliphatic hydroxyl groups excluding tert-OH is 5. The van der Waals surface area contributed by atoms with Crippen LogP contribution >= 0.6 is 0 Å². The first-order valence-corrected chi connectivity index (χ1v) is 6.46. The van der Waals surface area contributed by atoms with Crippen molar-refractivity contribution in [2.75, 3.05) is 19.8 Å². The van der Waals surface area contributed by atoms with E-state index in [0.29, 0.717) is 6.61 Å². The van der Waals surface area contributed by atoms with Crippen LogP contribution in [0.5, 0.6) is 0 Å². The second kappa shape index (κ2) is 10.7. The molecule has 0 spiro atoms. The van der Waals surface area contributed by atoms with Gasteiger partial charge in [0.25, 0.3) is 0 Å². The highest BCUT2D eigenvalue weighted by atomic mass is 16.5. The van der Waals surface area contributed by atoms with Gasteiger partial charge in [-0.3, -0.25) is 0 Å². The molecule has 6 heteroatoms. The minimum Gasteiger partial charge on any atom is -0.394 e. The van der Waals surface area contributed by atoms with Crippen LogP contribution in [0, 0.1) is 0 Å². The van der Waals surface area contributed by atoms with Crippen LogP contribution < -0.4 is 0 Å². The minimum absolute atomic E-state index is 0.330. The van der Waals surface area contributed by atoms with Gasteiger partial charge in [-0.05, 0) is 6.42 Å². The summed E-state index contributed by atoms with van der Waals surface area (Å²) in [5.41, 5.74) is 0. The molecule has 0 radical (unpaired) electrons. The average Bonchev–Trinajstić information content (AvgIpc) is 2.40. The van der Waals surface area contributed by atoms with Crippen LogP contribution in [-0.2, 0) is 4.74 Å². The molecule has 0 bridgehead atoms. The van der Waals surface area contributed by atoms with Crippen LogP contribution in [0.15, 0.2) is 0 Å². The van der Waals surface area contributed by atoms with Gasteiger partial charge >= 0.3 is 0 Å². The van der Waals surface area contributed by atoms with E-state index < -0.39 is 37.6 Å². The van der Waals surface area contributed by atoms with Gasteiger partial charge < -0.3 is 30.3 Å². The van der Waals surface area contributed by atoms with Gasteiger partial charge in [-0.25, -0.2) is 0 Å². The summed E-state index contributed by atoms with van der Waals surface area (Å²) in [4.78, 5) is 0. The van der Waals surface area contributed by atoms with Gasteiger partial charge in [-0.15, -0.1) is 0 Å². The first-order valence-electron chi connectivity index (χ1n) is 6.46. The molecule has 0 heterocycles. The number of aliphatic hydroxyl groups is 5. The molecule has 0 aromatic rings. The van der Waals surface area contributed by atoms with Crippen molar-refractivity contribution in [2.45, 2.75) is 57.0 Å². The molecule has 0 aliphatic carbocycles. The number of hydrogen-bond acceptors (Lipinski definition) is 6. The first-order chi connectivity index (χ1) is 8.58. The Hall–Kier alpha value is -0.240. The van der Waals surface area contributed by atoms with Crippen molar-refractivity contribution in [3.8, 4) is 0 Å². The van der Waals surface area contributed by atoms with E-state index in [2.05, 4.69) is 6.92 Å². The zero-order valence-electron chi connectivity index (χ0n) is 10.9. The quantitative estimate of drug-likeness (QED) is 0.307. The fourth-order valence-corrected chi connectivity index (χ4v) is 1.62. The average molecular weight is 266 g/mol. The molecular weight excluding hydrogens is 240 g/mol. The van der Waals surface area contributed by atoms with Crippen molar-refractivity contribution in [1.29, 1.82) is 0 Å². The molecule has 0 aromatic heterocycles. The monoisotopic (exact) mass is 266 g/mol. The van der Waals surface area contributed by atoms with E-state index >= 15 is 0 Å². The minimum atomic E-state index is -1.43. The Morgan fingerprint density at radius 3 is 2.00 bits per heavy atom. The molecule has 0 aliphatic rings. The SMILES string of the molecule is CCCCCCOC(C(O)CO)C(O)C(O)CO. The van der Waals surface area contributed by atoms with E-state index in [0.717, 1.165) is 25.7 Å². The third kappa shape index (κ3) is 6.63. The predicted molar refractivity (Wildman–Crippen MR) is 66.1 cm³/mol. The lowest BCUT2D eigenvalue weighted by Crippen LogP contribution is -2.48. The van der Waals surface area contributed by atoms with E-state index in [4.69, 9.17) is 14.9 Å². The van der Waals surface area contributed by atoms with E-state index in [9.17, 15) is 15.3 Å². The van der Waals surface area contributed by atoms with Gasteiger partial charge in [0.15, 0.2) is 0 Å².